The van der Waals surface area contributed by atoms with Crippen LogP contribution < -0.4 is 4.74 Å². The van der Waals surface area contributed by atoms with E-state index in [9.17, 15) is 10.1 Å². The highest BCUT2D eigenvalue weighted by molar-refractivity contribution is 5.85. The number of ether oxygens (including phenoxy) is 1. The van der Waals surface area contributed by atoms with Crippen LogP contribution in [0.3, 0.4) is 0 Å². The predicted molar refractivity (Wildman–Crippen MR) is 116 cm³/mol. The number of aryl methyl sites for hydroxylation is 2. The van der Waals surface area contributed by atoms with Crippen LogP contribution in [0, 0.1) is 18.3 Å². The summed E-state index contributed by atoms with van der Waals surface area (Å²) in [4.78, 5) is 13.4. The first-order valence-corrected chi connectivity index (χ1v) is 10.9. The maximum absolute atomic E-state index is 13.4. The molecule has 0 radical (unpaired) electrons. The number of rotatable bonds is 7. The van der Waals surface area contributed by atoms with E-state index in [4.69, 9.17) is 4.74 Å². The summed E-state index contributed by atoms with van der Waals surface area (Å²) in [7, 11) is 0. The van der Waals surface area contributed by atoms with Crippen molar-refractivity contribution in [3.63, 3.8) is 0 Å². The van der Waals surface area contributed by atoms with Crippen molar-refractivity contribution >= 4 is 5.97 Å². The standard InChI is InChI=1S/C26H31NO2/c1-3-4-6-9-21-12-15-24(22(18-21)19-27)29-25(28)26(16-7-5-8-17-26)23-13-10-20(2)11-14-23/h10-15,18H,3-9,16-17H2,1-2H3. The Labute approximate surface area is 174 Å². The monoisotopic (exact) mass is 389 g/mol. The summed E-state index contributed by atoms with van der Waals surface area (Å²) in [5, 5.41) is 9.61. The summed E-state index contributed by atoms with van der Waals surface area (Å²) in [6, 6.07) is 16.1. The molecular weight excluding hydrogens is 358 g/mol. The van der Waals surface area contributed by atoms with Gasteiger partial charge in [0.2, 0.25) is 0 Å². The Morgan fingerprint density at radius 1 is 1.07 bits per heavy atom. The van der Waals surface area contributed by atoms with E-state index < -0.39 is 5.41 Å². The van der Waals surface area contributed by atoms with Crippen molar-refractivity contribution in [2.45, 2.75) is 77.0 Å². The topological polar surface area (TPSA) is 50.1 Å². The third-order valence-electron chi connectivity index (χ3n) is 6.14. The van der Waals surface area contributed by atoms with Crippen LogP contribution in [0.5, 0.6) is 5.75 Å². The molecule has 0 saturated heterocycles. The van der Waals surface area contributed by atoms with Gasteiger partial charge in [0.15, 0.2) is 0 Å². The Morgan fingerprint density at radius 3 is 2.45 bits per heavy atom. The van der Waals surface area contributed by atoms with E-state index in [1.807, 2.05) is 12.1 Å². The van der Waals surface area contributed by atoms with E-state index in [2.05, 4.69) is 44.2 Å². The molecule has 3 rings (SSSR count). The van der Waals surface area contributed by atoms with E-state index in [1.165, 1.54) is 18.4 Å². The lowest BCUT2D eigenvalue weighted by molar-refractivity contribution is -0.142. The largest absolute Gasteiger partial charge is 0.424 e. The van der Waals surface area contributed by atoms with E-state index in [0.29, 0.717) is 11.3 Å². The highest BCUT2D eigenvalue weighted by Gasteiger charge is 2.43. The second-order valence-electron chi connectivity index (χ2n) is 8.30. The van der Waals surface area contributed by atoms with Crippen molar-refractivity contribution in [3.05, 3.63) is 64.7 Å². The molecule has 0 amide bonds. The number of hydrogen-bond donors (Lipinski definition) is 0. The molecule has 29 heavy (non-hydrogen) atoms. The molecule has 0 unspecified atom stereocenters. The second-order valence-corrected chi connectivity index (χ2v) is 8.30. The zero-order valence-corrected chi connectivity index (χ0v) is 17.7. The van der Waals surface area contributed by atoms with Gasteiger partial charge in [0.05, 0.1) is 11.0 Å². The molecule has 152 valence electrons. The van der Waals surface area contributed by atoms with Crippen molar-refractivity contribution in [3.8, 4) is 11.8 Å². The molecule has 1 aliphatic carbocycles. The van der Waals surface area contributed by atoms with Gasteiger partial charge in [-0.2, -0.15) is 5.26 Å². The van der Waals surface area contributed by atoms with Gasteiger partial charge in [0.1, 0.15) is 11.8 Å². The molecule has 2 aromatic rings. The fraction of sp³-hybridized carbons (Fsp3) is 0.462. The normalized spacial score (nSPS) is 15.5. The summed E-state index contributed by atoms with van der Waals surface area (Å²) in [5.41, 5.74) is 3.17. The molecular formula is C26H31NO2. The van der Waals surface area contributed by atoms with Crippen LogP contribution in [0.1, 0.15) is 80.5 Å². The molecule has 0 spiro atoms. The summed E-state index contributed by atoms with van der Waals surface area (Å²) in [6.07, 6.45) is 9.18. The Balaban J connectivity index is 1.84. The van der Waals surface area contributed by atoms with Crippen molar-refractivity contribution in [1.29, 1.82) is 5.26 Å². The lowest BCUT2D eigenvalue weighted by Gasteiger charge is -2.35. The molecule has 1 aliphatic rings. The molecule has 3 nitrogen and oxygen atoms in total. The number of nitriles is 1. The van der Waals surface area contributed by atoms with Crippen molar-refractivity contribution < 1.29 is 9.53 Å². The zero-order chi connectivity index (χ0) is 20.7. The number of hydrogen-bond acceptors (Lipinski definition) is 3. The molecule has 0 atom stereocenters. The molecule has 0 bridgehead atoms. The van der Waals surface area contributed by atoms with Gasteiger partial charge in [-0.15, -0.1) is 0 Å². The van der Waals surface area contributed by atoms with Crippen LogP contribution in [-0.4, -0.2) is 5.97 Å². The van der Waals surface area contributed by atoms with E-state index >= 15 is 0 Å². The van der Waals surface area contributed by atoms with Gasteiger partial charge in [-0.25, -0.2) is 0 Å². The van der Waals surface area contributed by atoms with Crippen LogP contribution in [0.25, 0.3) is 0 Å². The predicted octanol–water partition coefficient (Wildman–Crippen LogP) is 6.41. The molecule has 3 heteroatoms. The second kappa shape index (κ2) is 9.74. The van der Waals surface area contributed by atoms with Gasteiger partial charge in [-0.3, -0.25) is 4.79 Å². The van der Waals surface area contributed by atoms with Crippen molar-refractivity contribution in [2.24, 2.45) is 0 Å². The number of benzene rings is 2. The first-order valence-electron chi connectivity index (χ1n) is 10.9. The Hall–Kier alpha value is -2.60. The van der Waals surface area contributed by atoms with E-state index in [0.717, 1.165) is 56.1 Å². The summed E-state index contributed by atoms with van der Waals surface area (Å²) >= 11 is 0. The first kappa shape index (κ1) is 21.1. The summed E-state index contributed by atoms with van der Waals surface area (Å²) in [6.45, 7) is 4.23. The van der Waals surface area contributed by atoms with E-state index in [1.54, 1.807) is 6.07 Å². The van der Waals surface area contributed by atoms with Crippen LogP contribution in [0.15, 0.2) is 42.5 Å². The quantitative estimate of drug-likeness (QED) is 0.312. The SMILES string of the molecule is CCCCCc1ccc(OC(=O)C2(c3ccc(C)cc3)CCCCC2)c(C#N)c1. The number of nitrogens with zero attached hydrogens (tertiary/aromatic N) is 1. The zero-order valence-electron chi connectivity index (χ0n) is 17.7. The maximum Gasteiger partial charge on any atom is 0.321 e. The van der Waals surface area contributed by atoms with Gasteiger partial charge >= 0.3 is 5.97 Å². The number of carbonyl (C=O) groups excluding carboxylic acids is 1. The third-order valence-corrected chi connectivity index (χ3v) is 6.14. The van der Waals surface area contributed by atoms with Gasteiger partial charge in [-0.05, 0) is 55.9 Å². The minimum Gasteiger partial charge on any atom is -0.424 e. The van der Waals surface area contributed by atoms with Gasteiger partial charge in [-0.1, -0.05) is 74.9 Å². The lowest BCUT2D eigenvalue weighted by atomic mass is 9.69. The molecule has 0 N–H and O–H groups in total. The summed E-state index contributed by atoms with van der Waals surface area (Å²) < 4.78 is 5.88. The summed E-state index contributed by atoms with van der Waals surface area (Å²) in [5.74, 6) is 0.157. The number of esters is 1. The van der Waals surface area contributed by atoms with Crippen LogP contribution >= 0.6 is 0 Å². The smallest absolute Gasteiger partial charge is 0.321 e. The number of unbranched alkanes of at least 4 members (excludes halogenated alkanes) is 2. The van der Waals surface area contributed by atoms with Gasteiger partial charge < -0.3 is 4.74 Å². The molecule has 0 heterocycles. The third kappa shape index (κ3) is 4.88. The van der Waals surface area contributed by atoms with Crippen molar-refractivity contribution in [2.75, 3.05) is 0 Å². The average molecular weight is 390 g/mol. The fourth-order valence-electron chi connectivity index (χ4n) is 4.32. The fourth-order valence-corrected chi connectivity index (χ4v) is 4.32. The Bertz CT molecular complexity index is 871. The highest BCUT2D eigenvalue weighted by Crippen LogP contribution is 2.41. The van der Waals surface area contributed by atoms with Crippen LogP contribution in [0.4, 0.5) is 0 Å². The first-order chi connectivity index (χ1) is 14.1. The average Bonchev–Trinajstić information content (AvgIpc) is 2.75. The van der Waals surface area contributed by atoms with E-state index in [-0.39, 0.29) is 5.97 Å². The molecule has 1 fully saturated rings. The number of carbonyl (C=O) groups is 1. The molecule has 1 saturated carbocycles. The minimum atomic E-state index is -0.613. The highest BCUT2D eigenvalue weighted by atomic mass is 16.5. The molecule has 0 aliphatic heterocycles. The molecule has 0 aromatic heterocycles. The van der Waals surface area contributed by atoms with Crippen LogP contribution in [-0.2, 0) is 16.6 Å². The lowest BCUT2D eigenvalue weighted by Crippen LogP contribution is -2.41. The van der Waals surface area contributed by atoms with Gasteiger partial charge in [0, 0.05) is 0 Å². The maximum atomic E-state index is 13.4. The Morgan fingerprint density at radius 2 is 1.79 bits per heavy atom. The minimum absolute atomic E-state index is 0.226. The van der Waals surface area contributed by atoms with Crippen LogP contribution in [0.2, 0.25) is 0 Å². The molecule has 2 aromatic carbocycles. The van der Waals surface area contributed by atoms with Crippen molar-refractivity contribution in [1.82, 2.24) is 0 Å². The Kier molecular flexibility index (Phi) is 7.09. The van der Waals surface area contributed by atoms with Gasteiger partial charge in [0.25, 0.3) is 0 Å².